The third kappa shape index (κ3) is 3.34. The number of pyridine rings is 2. The number of amides is 1. The van der Waals surface area contributed by atoms with Crippen molar-refractivity contribution < 1.29 is 9.18 Å². The van der Waals surface area contributed by atoms with Crippen LogP contribution in [0.3, 0.4) is 0 Å². The van der Waals surface area contributed by atoms with Crippen molar-refractivity contribution in [2.45, 2.75) is 6.92 Å². The zero-order chi connectivity index (χ0) is 20.7. The molecule has 0 bridgehead atoms. The molecule has 1 amide bonds. The minimum atomic E-state index is -0.366. The number of nitrogens with zero attached hydrogens (tertiary/aromatic N) is 4. The molecule has 3 heterocycles. The van der Waals surface area contributed by atoms with E-state index in [1.165, 1.54) is 12.1 Å². The lowest BCUT2D eigenvalue weighted by Gasteiger charge is -2.35. The van der Waals surface area contributed by atoms with Crippen LogP contribution in [0.5, 0.6) is 0 Å². The van der Waals surface area contributed by atoms with Gasteiger partial charge in [0.15, 0.2) is 0 Å². The van der Waals surface area contributed by atoms with E-state index in [0.29, 0.717) is 42.6 Å². The first-order valence-corrected chi connectivity index (χ1v) is 10.1. The molecule has 2 aromatic carbocycles. The van der Waals surface area contributed by atoms with Gasteiger partial charge in [-0.2, -0.15) is 0 Å². The lowest BCUT2D eigenvalue weighted by molar-refractivity contribution is 0.0748. The van der Waals surface area contributed by atoms with Crippen LogP contribution >= 0.6 is 0 Å². The topological polar surface area (TPSA) is 49.3 Å². The Morgan fingerprint density at radius 3 is 2.53 bits per heavy atom. The first-order valence-electron chi connectivity index (χ1n) is 10.1. The molecule has 1 aliphatic rings. The molecule has 0 radical (unpaired) electrons. The van der Waals surface area contributed by atoms with E-state index in [1.807, 2.05) is 42.2 Å². The number of rotatable bonds is 2. The van der Waals surface area contributed by atoms with Gasteiger partial charge >= 0.3 is 0 Å². The van der Waals surface area contributed by atoms with Gasteiger partial charge in [0.1, 0.15) is 11.6 Å². The standard InChI is InChI=1S/C24H21FN4O/c1-16-14-20(19-15-18(25)7-8-22(19)26-16)24(30)29-12-10-28(11-13-29)23-9-6-17-4-2-3-5-21(17)27-23/h2-9,14-15H,10-13H2,1H3. The predicted octanol–water partition coefficient (Wildman–Crippen LogP) is 4.19. The maximum absolute atomic E-state index is 13.8. The fourth-order valence-corrected chi connectivity index (χ4v) is 4.05. The molecule has 6 heteroatoms. The van der Waals surface area contributed by atoms with Crippen molar-refractivity contribution in [1.29, 1.82) is 0 Å². The summed E-state index contributed by atoms with van der Waals surface area (Å²) in [5.41, 5.74) is 2.86. The van der Waals surface area contributed by atoms with Crippen LogP contribution in [0.15, 0.2) is 60.7 Å². The highest BCUT2D eigenvalue weighted by molar-refractivity contribution is 6.06. The predicted molar refractivity (Wildman–Crippen MR) is 116 cm³/mol. The molecule has 30 heavy (non-hydrogen) atoms. The number of aryl methyl sites for hydroxylation is 1. The largest absolute Gasteiger partial charge is 0.353 e. The molecule has 4 aromatic rings. The summed E-state index contributed by atoms with van der Waals surface area (Å²) in [7, 11) is 0. The van der Waals surface area contributed by atoms with Gasteiger partial charge in [-0.25, -0.2) is 9.37 Å². The number of carbonyl (C=O) groups excluding carboxylic acids is 1. The van der Waals surface area contributed by atoms with Gasteiger partial charge in [-0.05, 0) is 49.4 Å². The van der Waals surface area contributed by atoms with Gasteiger partial charge in [-0.15, -0.1) is 0 Å². The Morgan fingerprint density at radius 2 is 1.70 bits per heavy atom. The van der Waals surface area contributed by atoms with Crippen molar-refractivity contribution in [3.63, 3.8) is 0 Å². The summed E-state index contributed by atoms with van der Waals surface area (Å²) in [6.45, 7) is 4.43. The highest BCUT2D eigenvalue weighted by atomic mass is 19.1. The Balaban J connectivity index is 1.37. The van der Waals surface area contributed by atoms with E-state index in [-0.39, 0.29) is 11.7 Å². The second kappa shape index (κ2) is 7.37. The lowest BCUT2D eigenvalue weighted by atomic mass is 10.1. The van der Waals surface area contributed by atoms with Crippen LogP contribution in [-0.2, 0) is 0 Å². The molecule has 0 aliphatic carbocycles. The summed E-state index contributed by atoms with van der Waals surface area (Å²) in [5.74, 6) is 0.477. The molecular formula is C24H21FN4O. The summed E-state index contributed by atoms with van der Waals surface area (Å²) in [4.78, 5) is 26.5. The number of anilines is 1. The molecule has 0 spiro atoms. The molecular weight excluding hydrogens is 379 g/mol. The first kappa shape index (κ1) is 18.5. The highest BCUT2D eigenvalue weighted by Crippen LogP contribution is 2.23. The molecule has 1 saturated heterocycles. The second-order valence-corrected chi connectivity index (χ2v) is 7.61. The summed E-state index contributed by atoms with van der Waals surface area (Å²) in [6.07, 6.45) is 0. The minimum Gasteiger partial charge on any atom is -0.353 e. The highest BCUT2D eigenvalue weighted by Gasteiger charge is 2.24. The van der Waals surface area contributed by atoms with Gasteiger partial charge in [0.05, 0.1) is 16.6 Å². The van der Waals surface area contributed by atoms with Gasteiger partial charge in [0.2, 0.25) is 0 Å². The van der Waals surface area contributed by atoms with Crippen LogP contribution in [0.2, 0.25) is 0 Å². The van der Waals surface area contributed by atoms with Gasteiger partial charge in [-0.1, -0.05) is 18.2 Å². The summed E-state index contributed by atoms with van der Waals surface area (Å²) in [6, 6.07) is 18.3. The van der Waals surface area contributed by atoms with Gasteiger partial charge in [0, 0.05) is 42.6 Å². The number of benzene rings is 2. The van der Waals surface area contributed by atoms with Gasteiger partial charge in [0.25, 0.3) is 5.91 Å². The van der Waals surface area contributed by atoms with E-state index < -0.39 is 0 Å². The number of piperazine rings is 1. The molecule has 1 aliphatic heterocycles. The second-order valence-electron chi connectivity index (χ2n) is 7.61. The number of hydrogen-bond donors (Lipinski definition) is 0. The van der Waals surface area contributed by atoms with Crippen molar-refractivity contribution in [3.05, 3.63) is 77.7 Å². The number of hydrogen-bond acceptors (Lipinski definition) is 4. The van der Waals surface area contributed by atoms with Gasteiger partial charge < -0.3 is 9.80 Å². The number of halogens is 1. The van der Waals surface area contributed by atoms with Crippen molar-refractivity contribution in [3.8, 4) is 0 Å². The normalized spacial score (nSPS) is 14.5. The summed E-state index contributed by atoms with van der Waals surface area (Å²) in [5, 5.41) is 1.67. The van der Waals surface area contributed by atoms with Crippen molar-refractivity contribution in [2.75, 3.05) is 31.1 Å². The Bertz CT molecular complexity index is 1260. The maximum Gasteiger partial charge on any atom is 0.254 e. The number of para-hydroxylation sites is 1. The number of carbonyl (C=O) groups is 1. The average molecular weight is 400 g/mol. The fourth-order valence-electron chi connectivity index (χ4n) is 4.05. The molecule has 0 unspecified atom stereocenters. The Kier molecular flexibility index (Phi) is 4.54. The Hall–Kier alpha value is -3.54. The van der Waals surface area contributed by atoms with E-state index in [0.717, 1.165) is 22.4 Å². The van der Waals surface area contributed by atoms with E-state index in [2.05, 4.69) is 16.0 Å². The first-order chi connectivity index (χ1) is 14.6. The fraction of sp³-hybridized carbons (Fsp3) is 0.208. The van der Waals surface area contributed by atoms with E-state index in [9.17, 15) is 9.18 Å². The van der Waals surface area contributed by atoms with Crippen LogP contribution < -0.4 is 4.90 Å². The van der Waals surface area contributed by atoms with E-state index in [1.54, 1.807) is 12.1 Å². The molecule has 5 rings (SSSR count). The Labute approximate surface area is 173 Å². The molecule has 150 valence electrons. The molecule has 0 N–H and O–H groups in total. The van der Waals surface area contributed by atoms with E-state index >= 15 is 0 Å². The average Bonchev–Trinajstić information content (AvgIpc) is 2.78. The zero-order valence-corrected chi connectivity index (χ0v) is 16.7. The van der Waals surface area contributed by atoms with Crippen LogP contribution in [0.1, 0.15) is 16.1 Å². The third-order valence-corrected chi connectivity index (χ3v) is 5.60. The summed E-state index contributed by atoms with van der Waals surface area (Å²) < 4.78 is 13.8. The SMILES string of the molecule is Cc1cc(C(=O)N2CCN(c3ccc4ccccc4n3)CC2)c2cc(F)ccc2n1. The quantitative estimate of drug-likeness (QED) is 0.506. The van der Waals surface area contributed by atoms with Gasteiger partial charge in [-0.3, -0.25) is 9.78 Å². The number of fused-ring (bicyclic) bond motifs is 2. The van der Waals surface area contributed by atoms with E-state index in [4.69, 9.17) is 4.98 Å². The van der Waals surface area contributed by atoms with Crippen LogP contribution in [-0.4, -0.2) is 47.0 Å². The lowest BCUT2D eigenvalue weighted by Crippen LogP contribution is -2.49. The van der Waals surface area contributed by atoms with Crippen LogP contribution in [0, 0.1) is 12.7 Å². The molecule has 1 fully saturated rings. The smallest absolute Gasteiger partial charge is 0.254 e. The Morgan fingerprint density at radius 1 is 0.900 bits per heavy atom. The number of aromatic nitrogens is 2. The molecule has 0 saturated carbocycles. The van der Waals surface area contributed by atoms with Crippen molar-refractivity contribution >= 4 is 33.5 Å². The summed E-state index contributed by atoms with van der Waals surface area (Å²) >= 11 is 0. The molecule has 0 atom stereocenters. The third-order valence-electron chi connectivity index (χ3n) is 5.60. The molecule has 2 aromatic heterocycles. The minimum absolute atomic E-state index is 0.0813. The van der Waals surface area contributed by atoms with Crippen molar-refractivity contribution in [2.24, 2.45) is 0 Å². The van der Waals surface area contributed by atoms with Crippen LogP contribution in [0.4, 0.5) is 10.2 Å². The zero-order valence-electron chi connectivity index (χ0n) is 16.7. The molecule has 5 nitrogen and oxygen atoms in total. The maximum atomic E-state index is 13.8. The van der Waals surface area contributed by atoms with Crippen LogP contribution in [0.25, 0.3) is 21.8 Å². The van der Waals surface area contributed by atoms with Crippen molar-refractivity contribution in [1.82, 2.24) is 14.9 Å². The monoisotopic (exact) mass is 400 g/mol.